The van der Waals surface area contributed by atoms with Gasteiger partial charge in [0.25, 0.3) is 5.69 Å². The summed E-state index contributed by atoms with van der Waals surface area (Å²) in [4.78, 5) is 21.6. The minimum Gasteiger partial charge on any atom is -0.482 e. The zero-order chi connectivity index (χ0) is 15.1. The second-order valence-corrected chi connectivity index (χ2v) is 4.19. The molecule has 2 aromatic rings. The lowest BCUT2D eigenvalue weighted by Crippen LogP contribution is -2.14. The van der Waals surface area contributed by atoms with E-state index in [-0.39, 0.29) is 24.7 Å². The molecule has 108 valence electrons. The highest BCUT2D eigenvalue weighted by Gasteiger charge is 2.09. The first-order valence-electron chi connectivity index (χ1n) is 6.22. The maximum Gasteiger partial charge on any atom is 0.344 e. The first-order valence-corrected chi connectivity index (χ1v) is 6.22. The Morgan fingerprint density at radius 3 is 2.57 bits per heavy atom. The molecule has 0 bridgehead atoms. The summed E-state index contributed by atoms with van der Waals surface area (Å²) in [5, 5.41) is 10.6. The Morgan fingerprint density at radius 1 is 1.10 bits per heavy atom. The molecule has 2 aromatic carbocycles. The lowest BCUT2D eigenvalue weighted by atomic mass is 10.2. The zero-order valence-corrected chi connectivity index (χ0v) is 11.1. The second kappa shape index (κ2) is 7.04. The van der Waals surface area contributed by atoms with Gasteiger partial charge in [0.05, 0.1) is 11.0 Å². The van der Waals surface area contributed by atoms with Gasteiger partial charge in [-0.1, -0.05) is 36.4 Å². The van der Waals surface area contributed by atoms with Gasteiger partial charge < -0.3 is 9.47 Å². The van der Waals surface area contributed by atoms with Crippen molar-refractivity contribution in [1.82, 2.24) is 0 Å². The van der Waals surface area contributed by atoms with Crippen molar-refractivity contribution in [3.8, 4) is 5.75 Å². The predicted octanol–water partition coefficient (Wildman–Crippen LogP) is 2.72. The van der Waals surface area contributed by atoms with Crippen molar-refractivity contribution in [3.63, 3.8) is 0 Å². The van der Waals surface area contributed by atoms with Crippen LogP contribution in [-0.4, -0.2) is 17.5 Å². The number of non-ortho nitro benzene ring substituents is 1. The molecule has 0 amide bonds. The average molecular weight is 287 g/mol. The summed E-state index contributed by atoms with van der Waals surface area (Å²) in [6.07, 6.45) is 0. The Hall–Kier alpha value is -2.89. The molecular formula is C15H13NO5. The Morgan fingerprint density at radius 2 is 1.86 bits per heavy atom. The van der Waals surface area contributed by atoms with Gasteiger partial charge in [-0.05, 0) is 11.6 Å². The van der Waals surface area contributed by atoms with Gasteiger partial charge in [0.15, 0.2) is 6.61 Å². The summed E-state index contributed by atoms with van der Waals surface area (Å²) >= 11 is 0. The van der Waals surface area contributed by atoms with Crippen molar-refractivity contribution in [1.29, 1.82) is 0 Å². The number of carbonyl (C=O) groups excluding carboxylic acids is 1. The van der Waals surface area contributed by atoms with Gasteiger partial charge in [0, 0.05) is 6.07 Å². The highest BCUT2D eigenvalue weighted by molar-refractivity contribution is 5.71. The fraction of sp³-hybridized carbons (Fsp3) is 0.133. The van der Waals surface area contributed by atoms with Crippen LogP contribution in [0.3, 0.4) is 0 Å². The summed E-state index contributed by atoms with van der Waals surface area (Å²) in [5.74, 6) is -0.286. The quantitative estimate of drug-likeness (QED) is 0.463. The minimum atomic E-state index is -0.537. The van der Waals surface area contributed by atoms with E-state index in [1.54, 1.807) is 0 Å². The molecule has 0 aliphatic heterocycles. The lowest BCUT2D eigenvalue weighted by molar-refractivity contribution is -0.384. The molecule has 0 aromatic heterocycles. The largest absolute Gasteiger partial charge is 0.482 e. The van der Waals surface area contributed by atoms with Crippen molar-refractivity contribution in [2.75, 3.05) is 6.61 Å². The van der Waals surface area contributed by atoms with Crippen LogP contribution >= 0.6 is 0 Å². The number of esters is 1. The monoisotopic (exact) mass is 287 g/mol. The second-order valence-electron chi connectivity index (χ2n) is 4.19. The van der Waals surface area contributed by atoms with E-state index in [2.05, 4.69) is 0 Å². The molecule has 0 N–H and O–H groups in total. The number of ether oxygens (including phenoxy) is 2. The normalized spacial score (nSPS) is 9.90. The molecule has 0 spiro atoms. The zero-order valence-electron chi connectivity index (χ0n) is 11.1. The third kappa shape index (κ3) is 4.61. The summed E-state index contributed by atoms with van der Waals surface area (Å²) < 4.78 is 10.2. The number of nitro groups is 1. The van der Waals surface area contributed by atoms with Crippen molar-refractivity contribution in [2.45, 2.75) is 6.61 Å². The van der Waals surface area contributed by atoms with E-state index >= 15 is 0 Å². The van der Waals surface area contributed by atoms with Crippen LogP contribution in [0.1, 0.15) is 5.56 Å². The first kappa shape index (κ1) is 14.5. The smallest absolute Gasteiger partial charge is 0.344 e. The molecule has 2 rings (SSSR count). The molecule has 0 aliphatic rings. The Bertz CT molecular complexity index is 627. The molecule has 6 heteroatoms. The van der Waals surface area contributed by atoms with Gasteiger partial charge in [0.2, 0.25) is 0 Å². The lowest BCUT2D eigenvalue weighted by Gasteiger charge is -2.07. The maximum absolute atomic E-state index is 11.5. The number of carbonyl (C=O) groups is 1. The van der Waals surface area contributed by atoms with Crippen molar-refractivity contribution >= 4 is 11.7 Å². The Labute approximate surface area is 121 Å². The van der Waals surface area contributed by atoms with Crippen LogP contribution in [0.15, 0.2) is 54.6 Å². The van der Waals surface area contributed by atoms with Crippen LogP contribution < -0.4 is 4.74 Å². The van der Waals surface area contributed by atoms with Gasteiger partial charge in [-0.25, -0.2) is 4.79 Å². The molecular weight excluding hydrogens is 274 g/mol. The van der Waals surface area contributed by atoms with E-state index in [1.165, 1.54) is 24.3 Å². The third-order valence-electron chi connectivity index (χ3n) is 2.63. The van der Waals surface area contributed by atoms with E-state index in [1.807, 2.05) is 30.3 Å². The molecule has 21 heavy (non-hydrogen) atoms. The summed E-state index contributed by atoms with van der Waals surface area (Å²) in [6.45, 7) is -0.133. The number of hydrogen-bond donors (Lipinski definition) is 0. The van der Waals surface area contributed by atoms with Crippen LogP contribution in [0.2, 0.25) is 0 Å². The number of nitrogens with zero attached hydrogens (tertiary/aromatic N) is 1. The van der Waals surface area contributed by atoms with E-state index < -0.39 is 10.9 Å². The molecule has 0 atom stereocenters. The predicted molar refractivity (Wildman–Crippen MR) is 74.8 cm³/mol. The van der Waals surface area contributed by atoms with E-state index in [0.717, 1.165) is 5.56 Å². The minimum absolute atomic E-state index is 0.0925. The third-order valence-corrected chi connectivity index (χ3v) is 2.63. The van der Waals surface area contributed by atoms with Crippen LogP contribution in [-0.2, 0) is 16.1 Å². The SMILES string of the molecule is O=C(COc1cccc([N+](=O)[O-])c1)OCc1ccccc1. The highest BCUT2D eigenvalue weighted by atomic mass is 16.6. The highest BCUT2D eigenvalue weighted by Crippen LogP contribution is 2.18. The van der Waals surface area contributed by atoms with Gasteiger partial charge in [-0.2, -0.15) is 0 Å². The molecule has 0 saturated carbocycles. The topological polar surface area (TPSA) is 78.7 Å². The Balaban J connectivity index is 1.81. The fourth-order valence-corrected chi connectivity index (χ4v) is 1.61. The Kier molecular flexibility index (Phi) is 4.87. The summed E-state index contributed by atoms with van der Waals surface area (Å²) in [6, 6.07) is 14.9. The van der Waals surface area contributed by atoms with E-state index in [0.29, 0.717) is 0 Å². The molecule has 6 nitrogen and oxygen atoms in total. The molecule has 0 saturated heterocycles. The van der Waals surface area contributed by atoms with Crippen LogP contribution in [0.25, 0.3) is 0 Å². The van der Waals surface area contributed by atoms with E-state index in [9.17, 15) is 14.9 Å². The number of rotatable bonds is 6. The van der Waals surface area contributed by atoms with Crippen LogP contribution in [0, 0.1) is 10.1 Å². The number of hydrogen-bond acceptors (Lipinski definition) is 5. The number of benzene rings is 2. The molecule has 0 fully saturated rings. The summed E-state index contributed by atoms with van der Waals surface area (Å²) in [5.41, 5.74) is 0.784. The number of nitro benzene ring substituents is 1. The van der Waals surface area contributed by atoms with Crippen LogP contribution in [0.5, 0.6) is 5.75 Å². The first-order chi connectivity index (χ1) is 10.1. The molecule has 0 heterocycles. The fourth-order valence-electron chi connectivity index (χ4n) is 1.61. The van der Waals surface area contributed by atoms with Gasteiger partial charge >= 0.3 is 5.97 Å². The molecule has 0 aliphatic carbocycles. The van der Waals surface area contributed by atoms with Crippen LogP contribution in [0.4, 0.5) is 5.69 Å². The maximum atomic E-state index is 11.5. The molecule has 0 unspecified atom stereocenters. The van der Waals surface area contributed by atoms with Crippen molar-refractivity contribution < 1.29 is 19.2 Å². The van der Waals surface area contributed by atoms with E-state index in [4.69, 9.17) is 9.47 Å². The van der Waals surface area contributed by atoms with Crippen molar-refractivity contribution in [2.24, 2.45) is 0 Å². The average Bonchev–Trinajstić information content (AvgIpc) is 2.52. The summed E-state index contributed by atoms with van der Waals surface area (Å²) in [7, 11) is 0. The van der Waals surface area contributed by atoms with Gasteiger partial charge in [0.1, 0.15) is 12.4 Å². The van der Waals surface area contributed by atoms with Gasteiger partial charge in [-0.15, -0.1) is 0 Å². The molecule has 0 radical (unpaired) electrons. The van der Waals surface area contributed by atoms with Gasteiger partial charge in [-0.3, -0.25) is 10.1 Å². The standard InChI is InChI=1S/C15H13NO5/c17-15(21-10-12-5-2-1-3-6-12)11-20-14-8-4-7-13(9-14)16(18)19/h1-9H,10-11H2. The van der Waals surface area contributed by atoms with Crippen molar-refractivity contribution in [3.05, 3.63) is 70.3 Å².